The molecule has 1 fully saturated rings. The Morgan fingerprint density at radius 1 is 1.33 bits per heavy atom. The third-order valence-electron chi connectivity index (χ3n) is 4.08. The number of halogens is 1. The second-order valence-electron chi connectivity index (χ2n) is 5.65. The second-order valence-corrected chi connectivity index (χ2v) is 7.87. The number of nitrogens with zero attached hydrogens (tertiary/aromatic N) is 3. The third kappa shape index (κ3) is 2.67. The number of likely N-dealkylation sites (tertiary alicyclic amines) is 1. The Labute approximate surface area is 129 Å². The summed E-state index contributed by atoms with van der Waals surface area (Å²) in [7, 11) is -1.36. The number of rotatable bonds is 2. The highest BCUT2D eigenvalue weighted by Crippen LogP contribution is 2.34. The van der Waals surface area contributed by atoms with Crippen LogP contribution in [0.2, 0.25) is 5.15 Å². The van der Waals surface area contributed by atoms with E-state index in [1.807, 2.05) is 13.1 Å². The van der Waals surface area contributed by atoms with Crippen molar-refractivity contribution in [3.8, 4) is 0 Å². The van der Waals surface area contributed by atoms with Gasteiger partial charge in [-0.1, -0.05) is 18.0 Å². The van der Waals surface area contributed by atoms with E-state index in [0.717, 1.165) is 36.9 Å². The summed E-state index contributed by atoms with van der Waals surface area (Å²) >= 11 is 5.93. The minimum absolute atomic E-state index is 0.111. The van der Waals surface area contributed by atoms with E-state index in [-0.39, 0.29) is 6.04 Å². The molecule has 5 nitrogen and oxygen atoms in total. The predicted molar refractivity (Wildman–Crippen MR) is 84.2 cm³/mol. The van der Waals surface area contributed by atoms with Crippen LogP contribution in [0.15, 0.2) is 18.3 Å². The van der Waals surface area contributed by atoms with Crippen molar-refractivity contribution in [2.24, 2.45) is 0 Å². The van der Waals surface area contributed by atoms with Crippen molar-refractivity contribution < 1.29 is 8.42 Å². The van der Waals surface area contributed by atoms with Gasteiger partial charge < -0.3 is 0 Å². The molecule has 3 rings (SSSR count). The smallest absolute Gasteiger partial charge is 0.236 e. The Balaban J connectivity index is 2.26. The molecule has 1 atom stereocenters. The van der Waals surface area contributed by atoms with E-state index in [2.05, 4.69) is 9.88 Å². The third-order valence-corrected chi connectivity index (χ3v) is 5.36. The Morgan fingerprint density at radius 3 is 2.76 bits per heavy atom. The molecular weight excluding hydrogens is 310 g/mol. The molecule has 114 valence electrons. The van der Waals surface area contributed by atoms with Crippen LogP contribution in [-0.4, -0.2) is 42.1 Å². The van der Waals surface area contributed by atoms with Gasteiger partial charge in [0.2, 0.25) is 10.0 Å². The summed E-state index contributed by atoms with van der Waals surface area (Å²) < 4.78 is 26.0. The van der Waals surface area contributed by atoms with Gasteiger partial charge in [-0.3, -0.25) is 4.90 Å². The molecule has 2 aromatic heterocycles. The number of fused-ring (bicyclic) bond motifs is 1. The zero-order chi connectivity index (χ0) is 15.2. The zero-order valence-corrected chi connectivity index (χ0v) is 13.7. The molecule has 1 saturated heterocycles. The molecule has 2 aromatic rings. The van der Waals surface area contributed by atoms with E-state index in [9.17, 15) is 8.42 Å². The fraction of sp³-hybridized carbons (Fsp3) is 0.500. The summed E-state index contributed by atoms with van der Waals surface area (Å²) in [5, 5.41) is 1.10. The summed E-state index contributed by atoms with van der Waals surface area (Å²) in [6.07, 6.45) is 6.08. The van der Waals surface area contributed by atoms with E-state index in [1.54, 1.807) is 12.3 Å². The maximum Gasteiger partial charge on any atom is 0.236 e. The lowest BCUT2D eigenvalue weighted by Gasteiger charge is -2.32. The molecule has 0 spiro atoms. The van der Waals surface area contributed by atoms with Gasteiger partial charge in [-0.25, -0.2) is 17.4 Å². The van der Waals surface area contributed by atoms with Crippen LogP contribution >= 0.6 is 11.6 Å². The molecule has 21 heavy (non-hydrogen) atoms. The SMILES string of the molecule is CN1CCCC[C@@H]1c1cc2cnc(Cl)cc2n1S(C)(=O)=O. The van der Waals surface area contributed by atoms with Gasteiger partial charge in [0.05, 0.1) is 23.5 Å². The first-order valence-electron chi connectivity index (χ1n) is 6.95. The van der Waals surface area contributed by atoms with Gasteiger partial charge in [0, 0.05) is 17.6 Å². The molecule has 1 aliphatic rings. The van der Waals surface area contributed by atoms with Gasteiger partial charge in [-0.05, 0) is 32.5 Å². The van der Waals surface area contributed by atoms with Crippen molar-refractivity contribution in [1.82, 2.24) is 13.9 Å². The number of hydrogen-bond acceptors (Lipinski definition) is 4. The Morgan fingerprint density at radius 2 is 2.10 bits per heavy atom. The number of hydrogen-bond donors (Lipinski definition) is 0. The first-order chi connectivity index (χ1) is 9.88. The van der Waals surface area contributed by atoms with Crippen LogP contribution in [-0.2, 0) is 10.0 Å². The lowest BCUT2D eigenvalue weighted by atomic mass is 10.0. The van der Waals surface area contributed by atoms with E-state index in [1.165, 1.54) is 10.2 Å². The summed E-state index contributed by atoms with van der Waals surface area (Å²) in [6.45, 7) is 0.981. The molecule has 0 radical (unpaired) electrons. The molecule has 0 aliphatic carbocycles. The zero-order valence-electron chi connectivity index (χ0n) is 12.1. The number of aromatic nitrogens is 2. The van der Waals surface area contributed by atoms with Gasteiger partial charge >= 0.3 is 0 Å². The van der Waals surface area contributed by atoms with E-state index < -0.39 is 10.0 Å². The molecule has 1 aliphatic heterocycles. The Bertz CT molecular complexity index is 785. The van der Waals surface area contributed by atoms with Gasteiger partial charge in [0.25, 0.3) is 0 Å². The van der Waals surface area contributed by atoms with Crippen LogP contribution in [0.5, 0.6) is 0 Å². The fourth-order valence-electron chi connectivity index (χ4n) is 3.13. The minimum atomic E-state index is -3.40. The van der Waals surface area contributed by atoms with E-state index in [4.69, 9.17) is 11.6 Å². The average Bonchev–Trinajstić information content (AvgIpc) is 2.77. The molecule has 3 heterocycles. The molecule has 0 bridgehead atoms. The van der Waals surface area contributed by atoms with Crippen LogP contribution in [0.4, 0.5) is 0 Å². The van der Waals surface area contributed by atoms with Crippen molar-refractivity contribution in [3.05, 3.63) is 29.2 Å². The summed E-state index contributed by atoms with van der Waals surface area (Å²) in [4.78, 5) is 6.27. The largest absolute Gasteiger partial charge is 0.298 e. The molecule has 0 amide bonds. The summed E-state index contributed by atoms with van der Waals surface area (Å²) in [6, 6.07) is 3.65. The van der Waals surface area contributed by atoms with E-state index in [0.29, 0.717) is 10.7 Å². The van der Waals surface area contributed by atoms with Crippen LogP contribution < -0.4 is 0 Å². The fourth-order valence-corrected chi connectivity index (χ4v) is 4.35. The highest BCUT2D eigenvalue weighted by atomic mass is 35.5. The normalized spacial score (nSPS) is 21.0. The van der Waals surface area contributed by atoms with Crippen molar-refractivity contribution in [1.29, 1.82) is 0 Å². The maximum absolute atomic E-state index is 12.3. The lowest BCUT2D eigenvalue weighted by molar-refractivity contribution is 0.183. The van der Waals surface area contributed by atoms with Crippen LogP contribution in [0.3, 0.4) is 0 Å². The topological polar surface area (TPSA) is 55.2 Å². The van der Waals surface area contributed by atoms with Gasteiger partial charge in [-0.15, -0.1) is 0 Å². The summed E-state index contributed by atoms with van der Waals surface area (Å²) in [5.41, 5.74) is 1.41. The van der Waals surface area contributed by atoms with Crippen LogP contribution in [0, 0.1) is 0 Å². The monoisotopic (exact) mass is 327 g/mol. The molecule has 7 heteroatoms. The first-order valence-corrected chi connectivity index (χ1v) is 9.18. The highest BCUT2D eigenvalue weighted by Gasteiger charge is 2.28. The Kier molecular flexibility index (Phi) is 3.71. The van der Waals surface area contributed by atoms with Crippen LogP contribution in [0.1, 0.15) is 31.0 Å². The van der Waals surface area contributed by atoms with Crippen molar-refractivity contribution in [3.63, 3.8) is 0 Å². The standard InChI is InChI=1S/C14H18ClN3O2S/c1-17-6-4-3-5-11(17)13-7-10-9-16-14(15)8-12(10)18(13)21(2,19)20/h7-9,11H,3-6H2,1-2H3/t11-/m1/s1. The average molecular weight is 328 g/mol. The lowest BCUT2D eigenvalue weighted by Crippen LogP contribution is -2.32. The van der Waals surface area contributed by atoms with Gasteiger partial charge in [0.1, 0.15) is 5.15 Å². The minimum Gasteiger partial charge on any atom is -0.298 e. The van der Waals surface area contributed by atoms with E-state index >= 15 is 0 Å². The highest BCUT2D eigenvalue weighted by molar-refractivity contribution is 7.89. The maximum atomic E-state index is 12.3. The van der Waals surface area contributed by atoms with Gasteiger partial charge in [-0.2, -0.15) is 0 Å². The second kappa shape index (κ2) is 5.26. The van der Waals surface area contributed by atoms with Gasteiger partial charge in [0.15, 0.2) is 0 Å². The van der Waals surface area contributed by atoms with Crippen molar-refractivity contribution >= 4 is 32.5 Å². The predicted octanol–water partition coefficient (Wildman–Crippen LogP) is 2.65. The van der Waals surface area contributed by atoms with Crippen LogP contribution in [0.25, 0.3) is 10.9 Å². The first kappa shape index (κ1) is 14.8. The molecule has 0 N–H and O–H groups in total. The quantitative estimate of drug-likeness (QED) is 0.796. The van der Waals surface area contributed by atoms with Crippen molar-refractivity contribution in [2.75, 3.05) is 19.8 Å². The molecule has 0 unspecified atom stereocenters. The molecule has 0 saturated carbocycles. The Hall–Kier alpha value is -1.11. The number of pyridine rings is 1. The molecule has 0 aromatic carbocycles. The molecular formula is C14H18ClN3O2S. The summed E-state index contributed by atoms with van der Waals surface area (Å²) in [5.74, 6) is 0. The van der Waals surface area contributed by atoms with Crippen molar-refractivity contribution in [2.45, 2.75) is 25.3 Å². The number of piperidine rings is 1.